The van der Waals surface area contributed by atoms with Crippen LogP contribution in [0.3, 0.4) is 0 Å². The lowest BCUT2D eigenvalue weighted by Crippen LogP contribution is -2.47. The van der Waals surface area contributed by atoms with E-state index >= 15 is 0 Å². The average Bonchev–Trinajstić information content (AvgIpc) is 3.33. The van der Waals surface area contributed by atoms with E-state index in [1.807, 2.05) is 0 Å². The number of nitrogens with zero attached hydrogens (tertiary/aromatic N) is 3. The molecule has 0 spiro atoms. The number of ether oxygens (including phenoxy) is 1. The zero-order valence-electron chi connectivity index (χ0n) is 20.2. The van der Waals surface area contributed by atoms with E-state index in [2.05, 4.69) is 0 Å². The molecule has 4 rings (SSSR count). The van der Waals surface area contributed by atoms with Crippen molar-refractivity contribution >= 4 is 6.03 Å². The lowest BCUT2D eigenvalue weighted by molar-refractivity contribution is -0.137. The highest BCUT2D eigenvalue weighted by Crippen LogP contribution is 2.39. The van der Waals surface area contributed by atoms with Crippen LogP contribution in [0.1, 0.15) is 44.1 Å². The Labute approximate surface area is 207 Å². The van der Waals surface area contributed by atoms with Crippen LogP contribution in [-0.2, 0) is 6.18 Å². The number of amides is 2. The normalized spacial score (nSPS) is 14.8. The number of likely N-dealkylation sites (tertiary alicyclic amines) is 1. The van der Waals surface area contributed by atoms with Gasteiger partial charge in [-0.3, -0.25) is 5.21 Å². The molecular weight excluding hydrogens is 475 g/mol. The molecule has 10 heteroatoms. The summed E-state index contributed by atoms with van der Waals surface area (Å²) in [5, 5.41) is 10.7. The minimum Gasteiger partial charge on any atom is -0.497 e. The number of hydrogen-bond donors (Lipinski definition) is 1. The van der Waals surface area contributed by atoms with E-state index < -0.39 is 17.8 Å². The van der Waals surface area contributed by atoms with Crippen molar-refractivity contribution < 1.29 is 32.3 Å². The highest BCUT2D eigenvalue weighted by atomic mass is 19.4. The summed E-state index contributed by atoms with van der Waals surface area (Å²) < 4.78 is 50.7. The third-order valence-corrected chi connectivity index (χ3v) is 6.28. The van der Waals surface area contributed by atoms with Crippen molar-refractivity contribution in [3.8, 4) is 28.3 Å². The van der Waals surface area contributed by atoms with Crippen molar-refractivity contribution in [3.05, 3.63) is 60.0 Å². The van der Waals surface area contributed by atoms with Crippen molar-refractivity contribution in [2.24, 2.45) is 0 Å². The molecule has 1 aromatic heterocycles. The van der Waals surface area contributed by atoms with E-state index in [1.54, 1.807) is 50.1 Å². The summed E-state index contributed by atoms with van der Waals surface area (Å²) in [5.74, 6) is 1.49. The van der Waals surface area contributed by atoms with Gasteiger partial charge in [-0.25, -0.2) is 14.8 Å². The molecule has 7 nitrogen and oxygen atoms in total. The molecule has 0 bridgehead atoms. The number of piperidine rings is 1. The number of methoxy groups -OCH3 is 1. The number of oxazole rings is 1. The first-order chi connectivity index (χ1) is 17.1. The van der Waals surface area contributed by atoms with E-state index in [-0.39, 0.29) is 12.0 Å². The number of rotatable bonds is 5. The van der Waals surface area contributed by atoms with Gasteiger partial charge in [0, 0.05) is 30.1 Å². The number of hydroxylamine groups is 2. The fourth-order valence-electron chi connectivity index (χ4n) is 4.15. The summed E-state index contributed by atoms with van der Waals surface area (Å²) in [6.07, 6.45) is -3.28. The van der Waals surface area contributed by atoms with Crippen LogP contribution in [0.15, 0.2) is 52.9 Å². The predicted molar refractivity (Wildman–Crippen MR) is 127 cm³/mol. The SMILES string of the molecule is COc1ccc(-c2oc(C3CCN(C(=O)N(O)C(C)C)CC3)nc2-c2ccc(C(F)(F)F)cc2)cc1. The first-order valence-corrected chi connectivity index (χ1v) is 11.7. The molecule has 1 fully saturated rings. The molecule has 36 heavy (non-hydrogen) atoms. The lowest BCUT2D eigenvalue weighted by Gasteiger charge is -2.33. The fraction of sp³-hybridized carbons (Fsp3) is 0.385. The van der Waals surface area contributed by atoms with Crippen molar-refractivity contribution in [1.82, 2.24) is 14.9 Å². The van der Waals surface area contributed by atoms with E-state index in [4.69, 9.17) is 14.1 Å². The monoisotopic (exact) mass is 503 g/mol. The molecule has 192 valence electrons. The predicted octanol–water partition coefficient (Wildman–Crippen LogP) is 6.44. The van der Waals surface area contributed by atoms with Gasteiger partial charge in [-0.15, -0.1) is 0 Å². The number of carbonyl (C=O) groups is 1. The second kappa shape index (κ2) is 10.2. The highest BCUT2D eigenvalue weighted by Gasteiger charge is 2.32. The Kier molecular flexibility index (Phi) is 7.26. The number of halogens is 3. The van der Waals surface area contributed by atoms with Crippen LogP contribution in [0.2, 0.25) is 0 Å². The fourth-order valence-corrected chi connectivity index (χ4v) is 4.15. The van der Waals surface area contributed by atoms with E-state index in [0.29, 0.717) is 60.2 Å². The van der Waals surface area contributed by atoms with Crippen LogP contribution in [0, 0.1) is 0 Å². The highest BCUT2D eigenvalue weighted by molar-refractivity contribution is 5.77. The van der Waals surface area contributed by atoms with Crippen LogP contribution < -0.4 is 4.74 Å². The van der Waals surface area contributed by atoms with Gasteiger partial charge in [-0.2, -0.15) is 13.2 Å². The molecule has 1 aliphatic heterocycles. The summed E-state index contributed by atoms with van der Waals surface area (Å²) >= 11 is 0. The second-order valence-corrected chi connectivity index (χ2v) is 9.02. The molecule has 1 saturated heterocycles. The number of carbonyl (C=O) groups excluding carboxylic acids is 1. The molecule has 0 atom stereocenters. The summed E-state index contributed by atoms with van der Waals surface area (Å²) in [7, 11) is 1.56. The van der Waals surface area contributed by atoms with Gasteiger partial charge in [-0.05, 0) is 63.1 Å². The third kappa shape index (κ3) is 5.33. The van der Waals surface area contributed by atoms with Gasteiger partial charge in [0.1, 0.15) is 11.4 Å². The molecule has 3 aromatic rings. The summed E-state index contributed by atoms with van der Waals surface area (Å²) in [5.41, 5.74) is 0.926. The number of alkyl halides is 3. The molecule has 2 aromatic carbocycles. The Hall–Kier alpha value is -3.53. The summed E-state index contributed by atoms with van der Waals surface area (Å²) in [4.78, 5) is 18.7. The smallest absolute Gasteiger partial charge is 0.416 e. The molecule has 0 radical (unpaired) electrons. The van der Waals surface area contributed by atoms with E-state index in [1.165, 1.54) is 12.1 Å². The summed E-state index contributed by atoms with van der Waals surface area (Å²) in [6, 6.07) is 11.2. The quantitative estimate of drug-likeness (QED) is 0.320. The van der Waals surface area contributed by atoms with Crippen LogP contribution >= 0.6 is 0 Å². The molecule has 2 amide bonds. The van der Waals surface area contributed by atoms with Gasteiger partial charge < -0.3 is 14.1 Å². The van der Waals surface area contributed by atoms with Gasteiger partial charge in [0.25, 0.3) is 0 Å². The van der Waals surface area contributed by atoms with Gasteiger partial charge in [0.15, 0.2) is 11.7 Å². The Balaban J connectivity index is 1.63. The number of hydrogen-bond acceptors (Lipinski definition) is 5. The molecule has 1 aliphatic rings. The zero-order valence-corrected chi connectivity index (χ0v) is 20.2. The van der Waals surface area contributed by atoms with Gasteiger partial charge in [-0.1, -0.05) is 12.1 Å². The standard InChI is InChI=1S/C26H28F3N3O4/c1-16(2)32(34)25(33)31-14-12-19(13-15-31)24-30-22(17-4-8-20(9-5-17)26(27,28)29)23(36-24)18-6-10-21(35-3)11-7-18/h4-11,16,19,34H,12-15H2,1-3H3. The zero-order chi connectivity index (χ0) is 26.0. The molecular formula is C26H28F3N3O4. The third-order valence-electron chi connectivity index (χ3n) is 6.28. The maximum Gasteiger partial charge on any atom is 0.416 e. The van der Waals surface area contributed by atoms with Crippen molar-refractivity contribution in [2.75, 3.05) is 20.2 Å². The molecule has 0 saturated carbocycles. The first-order valence-electron chi connectivity index (χ1n) is 11.7. The molecule has 0 unspecified atom stereocenters. The Morgan fingerprint density at radius 2 is 1.67 bits per heavy atom. The number of urea groups is 1. The maximum absolute atomic E-state index is 13.1. The van der Waals surface area contributed by atoms with Gasteiger partial charge in [0.2, 0.25) is 0 Å². The minimum atomic E-state index is -4.43. The molecule has 1 N–H and O–H groups in total. The maximum atomic E-state index is 13.1. The van der Waals surface area contributed by atoms with Crippen LogP contribution in [0.25, 0.3) is 22.6 Å². The Morgan fingerprint density at radius 3 is 2.19 bits per heavy atom. The minimum absolute atomic E-state index is 0.0829. The second-order valence-electron chi connectivity index (χ2n) is 9.02. The van der Waals surface area contributed by atoms with Crippen LogP contribution in [0.4, 0.5) is 18.0 Å². The van der Waals surface area contributed by atoms with Crippen molar-refractivity contribution in [2.45, 2.75) is 44.8 Å². The summed E-state index contributed by atoms with van der Waals surface area (Å²) in [6.45, 7) is 4.29. The molecule has 2 heterocycles. The lowest BCUT2D eigenvalue weighted by atomic mass is 9.97. The number of benzene rings is 2. The number of aromatic nitrogens is 1. The van der Waals surface area contributed by atoms with E-state index in [9.17, 15) is 23.2 Å². The van der Waals surface area contributed by atoms with Crippen molar-refractivity contribution in [1.29, 1.82) is 0 Å². The van der Waals surface area contributed by atoms with Gasteiger partial charge >= 0.3 is 12.2 Å². The first kappa shape index (κ1) is 25.6. The Morgan fingerprint density at radius 1 is 1.08 bits per heavy atom. The van der Waals surface area contributed by atoms with Crippen molar-refractivity contribution in [3.63, 3.8) is 0 Å². The molecule has 0 aliphatic carbocycles. The van der Waals surface area contributed by atoms with E-state index in [0.717, 1.165) is 17.2 Å². The Bertz CT molecular complexity index is 1180. The topological polar surface area (TPSA) is 79.0 Å². The van der Waals surface area contributed by atoms with Crippen LogP contribution in [0.5, 0.6) is 5.75 Å². The van der Waals surface area contributed by atoms with Crippen LogP contribution in [-0.4, -0.2) is 52.4 Å². The van der Waals surface area contributed by atoms with Gasteiger partial charge in [0.05, 0.1) is 18.7 Å². The average molecular weight is 504 g/mol. The largest absolute Gasteiger partial charge is 0.497 e.